The molecule has 1 unspecified atom stereocenters. The number of rotatable bonds is 2. The van der Waals surface area contributed by atoms with Crippen molar-refractivity contribution in [2.45, 2.75) is 13.0 Å². The average molecular weight is 211 g/mol. The van der Waals surface area contributed by atoms with Crippen LogP contribution in [0.15, 0.2) is 27.5 Å². The third kappa shape index (κ3) is 3.06. The molecule has 0 fully saturated rings. The highest BCUT2D eigenvalue weighted by molar-refractivity contribution is 7.10. The van der Waals surface area contributed by atoms with E-state index in [1.807, 2.05) is 24.4 Å². The van der Waals surface area contributed by atoms with E-state index in [-0.39, 0.29) is 18.0 Å². The van der Waals surface area contributed by atoms with Crippen molar-refractivity contribution in [1.29, 1.82) is 0 Å². The quantitative estimate of drug-likeness (QED) is 0.487. The minimum absolute atomic E-state index is 0.0156. The highest BCUT2D eigenvalue weighted by Crippen LogP contribution is 2.21. The second kappa shape index (κ2) is 4.61. The summed E-state index contributed by atoms with van der Waals surface area (Å²) < 4.78 is 0. The van der Waals surface area contributed by atoms with Crippen LogP contribution in [0.5, 0.6) is 0 Å². The first-order valence-corrected chi connectivity index (χ1v) is 4.94. The molecule has 0 spiro atoms. The van der Waals surface area contributed by atoms with Gasteiger partial charge in [0.2, 0.25) is 5.96 Å². The molecule has 0 saturated carbocycles. The van der Waals surface area contributed by atoms with Gasteiger partial charge in [0.1, 0.15) is 0 Å². The van der Waals surface area contributed by atoms with Crippen LogP contribution in [0.4, 0.5) is 0 Å². The largest absolute Gasteiger partial charge is 0.370 e. The fourth-order valence-electron chi connectivity index (χ4n) is 0.952. The molecule has 0 aliphatic carbocycles. The topological polar surface area (TPSA) is 103 Å². The van der Waals surface area contributed by atoms with E-state index < -0.39 is 0 Å². The fraction of sp³-hybridized carbons (Fsp3) is 0.250. The molecule has 0 aliphatic rings. The van der Waals surface area contributed by atoms with Crippen LogP contribution in [0.3, 0.4) is 0 Å². The van der Waals surface area contributed by atoms with Crippen molar-refractivity contribution < 1.29 is 0 Å². The van der Waals surface area contributed by atoms with Crippen molar-refractivity contribution in [2.24, 2.45) is 27.2 Å². The van der Waals surface area contributed by atoms with Gasteiger partial charge >= 0.3 is 0 Å². The van der Waals surface area contributed by atoms with E-state index in [1.165, 1.54) is 0 Å². The number of guanidine groups is 2. The van der Waals surface area contributed by atoms with E-state index in [0.717, 1.165) is 4.88 Å². The van der Waals surface area contributed by atoms with Gasteiger partial charge in [-0.1, -0.05) is 6.07 Å². The van der Waals surface area contributed by atoms with Gasteiger partial charge in [-0.2, -0.15) is 4.99 Å². The number of thiophene rings is 1. The minimum Gasteiger partial charge on any atom is -0.370 e. The molecular formula is C8H13N5S. The SMILES string of the molecule is CC(N=C(N)N=C(N)N)c1cccs1. The predicted molar refractivity (Wildman–Crippen MR) is 60.2 cm³/mol. The third-order valence-electron chi connectivity index (χ3n) is 1.52. The highest BCUT2D eigenvalue weighted by Gasteiger charge is 2.04. The van der Waals surface area contributed by atoms with Crippen molar-refractivity contribution in [3.8, 4) is 0 Å². The van der Waals surface area contributed by atoms with Crippen LogP contribution in [0, 0.1) is 0 Å². The van der Waals surface area contributed by atoms with Crippen LogP contribution in [-0.4, -0.2) is 11.9 Å². The van der Waals surface area contributed by atoms with Crippen LogP contribution >= 0.6 is 11.3 Å². The summed E-state index contributed by atoms with van der Waals surface area (Å²) >= 11 is 1.62. The number of hydrogen-bond donors (Lipinski definition) is 3. The molecule has 6 heteroatoms. The van der Waals surface area contributed by atoms with Crippen molar-refractivity contribution in [1.82, 2.24) is 0 Å². The van der Waals surface area contributed by atoms with Crippen LogP contribution in [0.2, 0.25) is 0 Å². The fourth-order valence-corrected chi connectivity index (χ4v) is 1.67. The molecule has 1 aromatic heterocycles. The molecular weight excluding hydrogens is 198 g/mol. The first kappa shape index (κ1) is 10.5. The highest BCUT2D eigenvalue weighted by atomic mass is 32.1. The molecule has 1 rings (SSSR count). The zero-order valence-corrected chi connectivity index (χ0v) is 8.66. The van der Waals surface area contributed by atoms with E-state index in [2.05, 4.69) is 9.98 Å². The van der Waals surface area contributed by atoms with Gasteiger partial charge in [0.05, 0.1) is 6.04 Å². The monoisotopic (exact) mass is 211 g/mol. The first-order chi connectivity index (χ1) is 6.59. The molecule has 1 atom stereocenters. The van der Waals surface area contributed by atoms with Gasteiger partial charge in [0, 0.05) is 4.88 Å². The molecule has 6 N–H and O–H groups in total. The Labute approximate surface area is 86.3 Å². The van der Waals surface area contributed by atoms with Crippen LogP contribution in [-0.2, 0) is 0 Å². The van der Waals surface area contributed by atoms with E-state index in [1.54, 1.807) is 11.3 Å². The Kier molecular flexibility index (Phi) is 3.47. The van der Waals surface area contributed by atoms with Crippen molar-refractivity contribution in [2.75, 3.05) is 0 Å². The molecule has 0 radical (unpaired) electrons. The summed E-state index contributed by atoms with van der Waals surface area (Å²) in [4.78, 5) is 8.87. The average Bonchev–Trinajstić information content (AvgIpc) is 2.53. The van der Waals surface area contributed by atoms with E-state index in [0.29, 0.717) is 0 Å². The van der Waals surface area contributed by atoms with E-state index in [4.69, 9.17) is 17.2 Å². The van der Waals surface area contributed by atoms with Crippen LogP contribution in [0.1, 0.15) is 17.8 Å². The maximum absolute atomic E-state index is 5.49. The summed E-state index contributed by atoms with van der Waals surface area (Å²) in [5.74, 6) is 0.0236. The Hall–Kier alpha value is -1.56. The van der Waals surface area contributed by atoms with Crippen molar-refractivity contribution in [3.63, 3.8) is 0 Å². The standard InChI is InChI=1S/C8H13N5S/c1-5(6-3-2-4-14-6)12-8(11)13-7(9)10/h2-5H,1H3,(H6,9,10,11,12,13). The van der Waals surface area contributed by atoms with Gasteiger partial charge in [0.25, 0.3) is 0 Å². The number of nitrogens with zero attached hydrogens (tertiary/aromatic N) is 2. The Morgan fingerprint density at radius 1 is 1.43 bits per heavy atom. The molecule has 76 valence electrons. The molecule has 0 bridgehead atoms. The predicted octanol–water partition coefficient (Wildman–Crippen LogP) is 0.397. The lowest BCUT2D eigenvalue weighted by Crippen LogP contribution is -2.26. The Balaban J connectivity index is 2.73. The second-order valence-corrected chi connectivity index (χ2v) is 3.69. The minimum atomic E-state index is -0.0790. The third-order valence-corrected chi connectivity index (χ3v) is 2.57. The first-order valence-electron chi connectivity index (χ1n) is 4.06. The van der Waals surface area contributed by atoms with E-state index in [9.17, 15) is 0 Å². The van der Waals surface area contributed by atoms with Gasteiger partial charge in [-0.25, -0.2) is 4.99 Å². The summed E-state index contributed by atoms with van der Waals surface area (Å²) in [6, 6.07) is 3.93. The smallest absolute Gasteiger partial charge is 0.219 e. The van der Waals surface area contributed by atoms with Gasteiger partial charge in [-0.15, -0.1) is 11.3 Å². The Bertz CT molecular complexity index is 337. The molecule has 1 aromatic rings. The number of aliphatic imine (C=N–C) groups is 2. The molecule has 0 amide bonds. The van der Waals surface area contributed by atoms with Crippen molar-refractivity contribution in [3.05, 3.63) is 22.4 Å². The Morgan fingerprint density at radius 3 is 2.64 bits per heavy atom. The van der Waals surface area contributed by atoms with Gasteiger partial charge < -0.3 is 17.2 Å². The molecule has 0 aliphatic heterocycles. The summed E-state index contributed by atoms with van der Waals surface area (Å²) in [6.07, 6.45) is 0. The zero-order valence-electron chi connectivity index (χ0n) is 7.84. The second-order valence-electron chi connectivity index (χ2n) is 2.72. The molecule has 5 nitrogen and oxygen atoms in total. The molecule has 14 heavy (non-hydrogen) atoms. The lowest BCUT2D eigenvalue weighted by atomic mass is 10.3. The summed E-state index contributed by atoms with van der Waals surface area (Å²) in [5.41, 5.74) is 15.8. The van der Waals surface area contributed by atoms with Crippen molar-refractivity contribution >= 4 is 23.3 Å². The molecule has 0 saturated heterocycles. The summed E-state index contributed by atoms with van der Waals surface area (Å²) in [6.45, 7) is 1.93. The van der Waals surface area contributed by atoms with Crippen LogP contribution < -0.4 is 17.2 Å². The van der Waals surface area contributed by atoms with E-state index >= 15 is 0 Å². The van der Waals surface area contributed by atoms with Gasteiger partial charge in [0.15, 0.2) is 5.96 Å². The maximum atomic E-state index is 5.49. The summed E-state index contributed by atoms with van der Waals surface area (Å²) in [5, 5.41) is 1.98. The van der Waals surface area contributed by atoms with Crippen LogP contribution in [0.25, 0.3) is 0 Å². The molecule has 0 aromatic carbocycles. The molecule has 1 heterocycles. The number of hydrogen-bond acceptors (Lipinski definition) is 2. The zero-order chi connectivity index (χ0) is 10.6. The Morgan fingerprint density at radius 2 is 2.14 bits per heavy atom. The van der Waals surface area contributed by atoms with Gasteiger partial charge in [-0.05, 0) is 18.4 Å². The number of nitrogens with two attached hydrogens (primary N) is 3. The summed E-state index contributed by atoms with van der Waals surface area (Å²) in [7, 11) is 0. The normalized spacial score (nSPS) is 13.6. The lowest BCUT2D eigenvalue weighted by molar-refractivity contribution is 0.835. The maximum Gasteiger partial charge on any atom is 0.219 e. The lowest BCUT2D eigenvalue weighted by Gasteiger charge is -2.02. The van der Waals surface area contributed by atoms with Gasteiger partial charge in [-0.3, -0.25) is 0 Å².